The van der Waals surface area contributed by atoms with E-state index in [1.54, 1.807) is 18.2 Å². The van der Waals surface area contributed by atoms with Crippen molar-refractivity contribution in [3.05, 3.63) is 35.6 Å². The SMILES string of the molecule is C[C@@H](NC(=O)c1ccccc1F)C12CC3CC(CC(C3)C1)C2. The molecule has 1 amide bonds. The van der Waals surface area contributed by atoms with Crippen LogP contribution in [0.5, 0.6) is 0 Å². The number of nitrogens with one attached hydrogen (secondary N) is 1. The van der Waals surface area contributed by atoms with Crippen molar-refractivity contribution in [2.24, 2.45) is 23.2 Å². The van der Waals surface area contributed by atoms with Gasteiger partial charge in [0, 0.05) is 6.04 Å². The van der Waals surface area contributed by atoms with E-state index in [-0.39, 0.29) is 22.9 Å². The van der Waals surface area contributed by atoms with E-state index in [0.717, 1.165) is 17.8 Å². The van der Waals surface area contributed by atoms with Crippen LogP contribution in [0.3, 0.4) is 0 Å². The molecule has 0 aliphatic heterocycles. The number of halogens is 1. The van der Waals surface area contributed by atoms with E-state index in [1.165, 1.54) is 44.6 Å². The van der Waals surface area contributed by atoms with Gasteiger partial charge in [0.25, 0.3) is 5.91 Å². The molecule has 22 heavy (non-hydrogen) atoms. The van der Waals surface area contributed by atoms with Crippen molar-refractivity contribution >= 4 is 5.91 Å². The van der Waals surface area contributed by atoms with Crippen LogP contribution in [-0.2, 0) is 0 Å². The summed E-state index contributed by atoms with van der Waals surface area (Å²) in [6.07, 6.45) is 7.93. The molecule has 3 heteroatoms. The summed E-state index contributed by atoms with van der Waals surface area (Å²) in [4.78, 5) is 12.4. The highest BCUT2D eigenvalue weighted by atomic mass is 19.1. The molecular weight excluding hydrogens is 277 g/mol. The van der Waals surface area contributed by atoms with Crippen LogP contribution in [0.15, 0.2) is 24.3 Å². The zero-order valence-corrected chi connectivity index (χ0v) is 13.1. The molecule has 0 heterocycles. The van der Waals surface area contributed by atoms with Gasteiger partial charge in [-0.2, -0.15) is 0 Å². The Kier molecular flexibility index (Phi) is 3.28. The van der Waals surface area contributed by atoms with Crippen molar-refractivity contribution < 1.29 is 9.18 Å². The van der Waals surface area contributed by atoms with Crippen LogP contribution in [0.1, 0.15) is 55.8 Å². The van der Waals surface area contributed by atoms with Crippen LogP contribution >= 0.6 is 0 Å². The lowest BCUT2D eigenvalue weighted by molar-refractivity contribution is -0.0688. The number of hydrogen-bond acceptors (Lipinski definition) is 1. The Hall–Kier alpha value is -1.38. The highest BCUT2D eigenvalue weighted by molar-refractivity contribution is 5.94. The molecule has 4 saturated carbocycles. The van der Waals surface area contributed by atoms with Crippen molar-refractivity contribution in [1.29, 1.82) is 0 Å². The minimum Gasteiger partial charge on any atom is -0.349 e. The number of hydrogen-bond donors (Lipinski definition) is 1. The number of benzene rings is 1. The maximum Gasteiger partial charge on any atom is 0.254 e. The monoisotopic (exact) mass is 301 g/mol. The molecule has 0 spiro atoms. The fraction of sp³-hybridized carbons (Fsp3) is 0.632. The largest absolute Gasteiger partial charge is 0.349 e. The normalized spacial score (nSPS) is 37.1. The highest BCUT2D eigenvalue weighted by Gasteiger charge is 2.53. The summed E-state index contributed by atoms with van der Waals surface area (Å²) in [5.41, 5.74) is 0.425. The third kappa shape index (κ3) is 2.26. The second-order valence-corrected chi connectivity index (χ2v) is 7.95. The van der Waals surface area contributed by atoms with Gasteiger partial charge in [0.1, 0.15) is 5.82 Å². The van der Waals surface area contributed by atoms with E-state index < -0.39 is 5.82 Å². The standard InChI is InChI=1S/C19H24FNO/c1-12(21-18(22)16-4-2-3-5-17(16)20)19-9-13-6-14(10-19)8-15(7-13)11-19/h2-5,12-15H,6-11H2,1H3,(H,21,22)/t12-,13?,14?,15?,19?/m1/s1. The van der Waals surface area contributed by atoms with Gasteiger partial charge in [0.2, 0.25) is 0 Å². The third-order valence-corrected chi connectivity index (χ3v) is 6.47. The molecule has 5 rings (SSSR count). The molecule has 0 radical (unpaired) electrons. The predicted molar refractivity (Wildman–Crippen MR) is 83.9 cm³/mol. The number of rotatable bonds is 3. The van der Waals surface area contributed by atoms with E-state index >= 15 is 0 Å². The summed E-state index contributed by atoms with van der Waals surface area (Å²) >= 11 is 0. The van der Waals surface area contributed by atoms with Crippen LogP contribution in [0.25, 0.3) is 0 Å². The van der Waals surface area contributed by atoms with Crippen LogP contribution < -0.4 is 5.32 Å². The van der Waals surface area contributed by atoms with Crippen LogP contribution in [0.2, 0.25) is 0 Å². The maximum atomic E-state index is 13.8. The molecule has 1 aromatic rings. The second kappa shape index (κ2) is 5.07. The first kappa shape index (κ1) is 14.2. The molecule has 4 bridgehead atoms. The van der Waals surface area contributed by atoms with Crippen molar-refractivity contribution in [2.45, 2.75) is 51.5 Å². The van der Waals surface area contributed by atoms with Gasteiger partial charge in [0.05, 0.1) is 5.56 Å². The van der Waals surface area contributed by atoms with Crippen LogP contribution in [0.4, 0.5) is 4.39 Å². The smallest absolute Gasteiger partial charge is 0.254 e. The maximum absolute atomic E-state index is 13.8. The van der Waals surface area contributed by atoms with Gasteiger partial charge in [-0.25, -0.2) is 4.39 Å². The molecule has 118 valence electrons. The van der Waals surface area contributed by atoms with Gasteiger partial charge < -0.3 is 5.32 Å². The van der Waals surface area contributed by atoms with Gasteiger partial charge in [-0.3, -0.25) is 4.79 Å². The van der Waals surface area contributed by atoms with E-state index in [2.05, 4.69) is 12.2 Å². The number of carbonyl (C=O) groups excluding carboxylic acids is 1. The third-order valence-electron chi connectivity index (χ3n) is 6.47. The lowest BCUT2D eigenvalue weighted by Gasteiger charge is -2.59. The molecule has 4 fully saturated rings. The van der Waals surface area contributed by atoms with Crippen LogP contribution in [-0.4, -0.2) is 11.9 Å². The van der Waals surface area contributed by atoms with E-state index in [0.29, 0.717) is 0 Å². The topological polar surface area (TPSA) is 29.1 Å². The lowest BCUT2D eigenvalue weighted by atomic mass is 9.48. The fourth-order valence-electron chi connectivity index (χ4n) is 5.78. The Morgan fingerprint density at radius 2 is 1.68 bits per heavy atom. The van der Waals surface area contributed by atoms with Crippen LogP contribution in [0, 0.1) is 29.0 Å². The molecule has 4 aliphatic carbocycles. The molecule has 4 aliphatic rings. The van der Waals surface area contributed by atoms with Gasteiger partial charge in [-0.05, 0) is 80.8 Å². The lowest BCUT2D eigenvalue weighted by Crippen LogP contribution is -2.55. The van der Waals surface area contributed by atoms with Crippen molar-refractivity contribution in [2.75, 3.05) is 0 Å². The van der Waals surface area contributed by atoms with E-state index in [4.69, 9.17) is 0 Å². The van der Waals surface area contributed by atoms with E-state index in [9.17, 15) is 9.18 Å². The molecule has 1 atom stereocenters. The minimum absolute atomic E-state index is 0.132. The van der Waals surface area contributed by atoms with Gasteiger partial charge in [-0.1, -0.05) is 12.1 Å². The molecular formula is C19H24FNO. The molecule has 1 aromatic carbocycles. The summed E-state index contributed by atoms with van der Waals surface area (Å²) in [5, 5.41) is 3.12. The average molecular weight is 301 g/mol. The van der Waals surface area contributed by atoms with Crippen molar-refractivity contribution in [3.8, 4) is 0 Å². The van der Waals surface area contributed by atoms with E-state index in [1.807, 2.05) is 0 Å². The Bertz CT molecular complexity index is 562. The van der Waals surface area contributed by atoms with Gasteiger partial charge in [-0.15, -0.1) is 0 Å². The zero-order chi connectivity index (χ0) is 15.3. The fourth-order valence-corrected chi connectivity index (χ4v) is 5.78. The summed E-state index contributed by atoms with van der Waals surface area (Å²) in [5.74, 6) is 1.89. The molecule has 0 unspecified atom stereocenters. The quantitative estimate of drug-likeness (QED) is 0.892. The first-order chi connectivity index (χ1) is 10.6. The summed E-state index contributed by atoms with van der Waals surface area (Å²) < 4.78 is 13.8. The Morgan fingerprint density at radius 1 is 1.14 bits per heavy atom. The first-order valence-electron chi connectivity index (χ1n) is 8.61. The zero-order valence-electron chi connectivity index (χ0n) is 13.1. The average Bonchev–Trinajstić information content (AvgIpc) is 2.46. The Labute approximate surface area is 131 Å². The summed E-state index contributed by atoms with van der Waals surface area (Å²) in [6.45, 7) is 2.13. The first-order valence-corrected chi connectivity index (χ1v) is 8.61. The number of carbonyl (C=O) groups is 1. The molecule has 0 saturated heterocycles. The Balaban J connectivity index is 1.52. The van der Waals surface area contributed by atoms with Gasteiger partial charge in [0.15, 0.2) is 0 Å². The predicted octanol–water partition coefficient (Wildman–Crippen LogP) is 4.16. The second-order valence-electron chi connectivity index (χ2n) is 7.95. The minimum atomic E-state index is -0.433. The van der Waals surface area contributed by atoms with Crippen molar-refractivity contribution in [1.82, 2.24) is 5.32 Å². The molecule has 0 aromatic heterocycles. The summed E-state index contributed by atoms with van der Waals surface area (Å²) in [6, 6.07) is 6.39. The van der Waals surface area contributed by atoms with Gasteiger partial charge >= 0.3 is 0 Å². The molecule has 1 N–H and O–H groups in total. The summed E-state index contributed by atoms with van der Waals surface area (Å²) in [7, 11) is 0. The van der Waals surface area contributed by atoms with Crippen molar-refractivity contribution in [3.63, 3.8) is 0 Å². The highest BCUT2D eigenvalue weighted by Crippen LogP contribution is 2.61. The Morgan fingerprint density at radius 3 is 2.23 bits per heavy atom. The number of amides is 1. The molecule has 2 nitrogen and oxygen atoms in total.